The molecule has 0 unspecified atom stereocenters. The predicted octanol–water partition coefficient (Wildman–Crippen LogP) is 1.34. The van der Waals surface area contributed by atoms with E-state index in [-0.39, 0.29) is 11.3 Å². The summed E-state index contributed by atoms with van der Waals surface area (Å²) in [6, 6.07) is 2.91. The normalized spacial score (nSPS) is 10.1. The number of aromatic hydroxyl groups is 1. The Morgan fingerprint density at radius 1 is 1.44 bits per heavy atom. The van der Waals surface area contributed by atoms with Crippen LogP contribution in [0.4, 0.5) is 5.82 Å². The average molecular weight is 219 g/mol. The number of nitrogens with one attached hydrogen (secondary N) is 1. The molecule has 2 aromatic rings. The molecular weight excluding hydrogens is 210 g/mol. The third-order valence-corrected chi connectivity index (χ3v) is 1.86. The molecule has 0 saturated carbocycles. The predicted molar refractivity (Wildman–Crippen MR) is 55.1 cm³/mol. The van der Waals surface area contributed by atoms with Crippen LogP contribution in [0.15, 0.2) is 29.0 Å². The minimum absolute atomic E-state index is 0.0658. The number of aryl methyl sites for hydroxylation is 1. The number of carbonyl (C=O) groups is 1. The molecule has 2 aromatic heterocycles. The molecule has 0 bridgehead atoms. The second-order valence-electron chi connectivity index (χ2n) is 3.21. The van der Waals surface area contributed by atoms with E-state index in [2.05, 4.69) is 15.5 Å². The van der Waals surface area contributed by atoms with Crippen LogP contribution in [0, 0.1) is 6.92 Å². The topological polar surface area (TPSA) is 88.2 Å². The molecule has 0 aliphatic heterocycles. The number of nitrogens with zero attached hydrogens (tertiary/aromatic N) is 2. The average Bonchev–Trinajstić information content (AvgIpc) is 2.64. The molecule has 0 aliphatic carbocycles. The van der Waals surface area contributed by atoms with Gasteiger partial charge in [0.2, 0.25) is 0 Å². The lowest BCUT2D eigenvalue weighted by atomic mass is 10.2. The van der Waals surface area contributed by atoms with Crippen LogP contribution in [-0.2, 0) is 0 Å². The quantitative estimate of drug-likeness (QED) is 0.795. The molecule has 2 rings (SSSR count). The molecule has 0 atom stereocenters. The van der Waals surface area contributed by atoms with Gasteiger partial charge >= 0.3 is 0 Å². The van der Waals surface area contributed by atoms with Gasteiger partial charge in [-0.3, -0.25) is 9.78 Å². The van der Waals surface area contributed by atoms with Crippen molar-refractivity contribution in [3.05, 3.63) is 35.9 Å². The number of rotatable bonds is 2. The van der Waals surface area contributed by atoms with Gasteiger partial charge in [-0.05, 0) is 13.0 Å². The number of pyridine rings is 1. The van der Waals surface area contributed by atoms with Crippen LogP contribution < -0.4 is 5.32 Å². The Labute approximate surface area is 90.9 Å². The summed E-state index contributed by atoms with van der Waals surface area (Å²) in [6.07, 6.45) is 2.60. The molecule has 0 fully saturated rings. The van der Waals surface area contributed by atoms with E-state index in [1.54, 1.807) is 13.0 Å². The van der Waals surface area contributed by atoms with Crippen LogP contribution in [0.25, 0.3) is 0 Å². The summed E-state index contributed by atoms with van der Waals surface area (Å²) in [5, 5.41) is 15.3. The maximum absolute atomic E-state index is 11.6. The van der Waals surface area contributed by atoms with E-state index in [0.717, 1.165) is 0 Å². The number of amides is 1. The zero-order valence-electron chi connectivity index (χ0n) is 8.47. The summed E-state index contributed by atoms with van der Waals surface area (Å²) in [5.41, 5.74) is 0.251. The second-order valence-corrected chi connectivity index (χ2v) is 3.21. The van der Waals surface area contributed by atoms with Crippen molar-refractivity contribution in [3.63, 3.8) is 0 Å². The summed E-state index contributed by atoms with van der Waals surface area (Å²) in [6.45, 7) is 1.72. The third-order valence-electron chi connectivity index (χ3n) is 1.86. The number of hydrogen-bond donors (Lipinski definition) is 2. The van der Waals surface area contributed by atoms with Crippen LogP contribution in [0.3, 0.4) is 0 Å². The van der Waals surface area contributed by atoms with E-state index < -0.39 is 5.91 Å². The molecule has 6 heteroatoms. The monoisotopic (exact) mass is 219 g/mol. The number of hydrogen-bond acceptors (Lipinski definition) is 5. The van der Waals surface area contributed by atoms with Crippen LogP contribution in [0.5, 0.6) is 5.75 Å². The van der Waals surface area contributed by atoms with E-state index in [0.29, 0.717) is 11.6 Å². The van der Waals surface area contributed by atoms with Crippen LogP contribution >= 0.6 is 0 Å². The molecule has 1 amide bonds. The lowest BCUT2D eigenvalue weighted by Gasteiger charge is -2.00. The van der Waals surface area contributed by atoms with Crippen molar-refractivity contribution in [2.45, 2.75) is 6.92 Å². The molecule has 0 aromatic carbocycles. The van der Waals surface area contributed by atoms with Crippen molar-refractivity contribution < 1.29 is 14.4 Å². The molecule has 0 spiro atoms. The van der Waals surface area contributed by atoms with Gasteiger partial charge in [-0.2, -0.15) is 0 Å². The first-order valence-corrected chi connectivity index (χ1v) is 4.54. The van der Waals surface area contributed by atoms with Gasteiger partial charge < -0.3 is 14.9 Å². The zero-order valence-corrected chi connectivity index (χ0v) is 8.47. The van der Waals surface area contributed by atoms with Crippen molar-refractivity contribution in [2.24, 2.45) is 0 Å². The fourth-order valence-corrected chi connectivity index (χ4v) is 1.17. The van der Waals surface area contributed by atoms with Crippen LogP contribution in [-0.4, -0.2) is 21.2 Å². The van der Waals surface area contributed by atoms with E-state index in [1.165, 1.54) is 18.5 Å². The lowest BCUT2D eigenvalue weighted by Crippen LogP contribution is -2.12. The number of anilines is 1. The van der Waals surface area contributed by atoms with Gasteiger partial charge in [-0.25, -0.2) is 0 Å². The summed E-state index contributed by atoms with van der Waals surface area (Å²) in [4.78, 5) is 15.3. The third kappa shape index (κ3) is 2.17. The number of aromatic nitrogens is 2. The standard InChI is InChI=1S/C10H9N3O3/c1-6-2-9(13-16-6)12-10(15)7-3-8(14)5-11-4-7/h2-5,14H,1H3,(H,12,13,15). The fraction of sp³-hybridized carbons (Fsp3) is 0.100. The van der Waals surface area contributed by atoms with Crippen molar-refractivity contribution >= 4 is 11.7 Å². The minimum Gasteiger partial charge on any atom is -0.506 e. The van der Waals surface area contributed by atoms with Gasteiger partial charge in [0, 0.05) is 12.3 Å². The zero-order chi connectivity index (χ0) is 11.5. The van der Waals surface area contributed by atoms with Gasteiger partial charge in [0.25, 0.3) is 5.91 Å². The Bertz CT molecular complexity index is 522. The summed E-state index contributed by atoms with van der Waals surface area (Å²) in [5.74, 6) is 0.455. The first-order chi connectivity index (χ1) is 7.65. The molecule has 2 N–H and O–H groups in total. The van der Waals surface area contributed by atoms with Crippen molar-refractivity contribution in [3.8, 4) is 5.75 Å². The van der Waals surface area contributed by atoms with E-state index in [9.17, 15) is 4.79 Å². The smallest absolute Gasteiger partial charge is 0.258 e. The molecule has 0 saturated heterocycles. The first kappa shape index (κ1) is 10.2. The highest BCUT2D eigenvalue weighted by atomic mass is 16.5. The van der Waals surface area contributed by atoms with Gasteiger partial charge in [0.15, 0.2) is 5.82 Å². The van der Waals surface area contributed by atoms with Crippen molar-refractivity contribution in [2.75, 3.05) is 5.32 Å². The number of carbonyl (C=O) groups excluding carboxylic acids is 1. The van der Waals surface area contributed by atoms with E-state index >= 15 is 0 Å². The largest absolute Gasteiger partial charge is 0.506 e. The van der Waals surface area contributed by atoms with E-state index in [4.69, 9.17) is 9.63 Å². The minimum atomic E-state index is -0.406. The highest BCUT2D eigenvalue weighted by molar-refractivity contribution is 6.03. The first-order valence-electron chi connectivity index (χ1n) is 4.54. The van der Waals surface area contributed by atoms with E-state index in [1.807, 2.05) is 0 Å². The Kier molecular flexibility index (Phi) is 2.55. The van der Waals surface area contributed by atoms with Gasteiger partial charge in [-0.1, -0.05) is 5.16 Å². The van der Waals surface area contributed by atoms with Crippen molar-refractivity contribution in [1.82, 2.24) is 10.1 Å². The maximum atomic E-state index is 11.6. The SMILES string of the molecule is Cc1cc(NC(=O)c2cncc(O)c2)no1. The molecule has 82 valence electrons. The highest BCUT2D eigenvalue weighted by Crippen LogP contribution is 2.12. The second kappa shape index (κ2) is 4.01. The van der Waals surface area contributed by atoms with Crippen molar-refractivity contribution in [1.29, 1.82) is 0 Å². The molecule has 2 heterocycles. The molecule has 0 aliphatic rings. The summed E-state index contributed by atoms with van der Waals surface area (Å²) in [7, 11) is 0. The summed E-state index contributed by atoms with van der Waals surface area (Å²) >= 11 is 0. The highest BCUT2D eigenvalue weighted by Gasteiger charge is 2.09. The van der Waals surface area contributed by atoms with Crippen LogP contribution in [0.2, 0.25) is 0 Å². The molecular formula is C10H9N3O3. The molecule has 6 nitrogen and oxygen atoms in total. The lowest BCUT2D eigenvalue weighted by molar-refractivity contribution is 0.102. The Balaban J connectivity index is 2.14. The van der Waals surface area contributed by atoms with Gasteiger partial charge in [0.1, 0.15) is 11.5 Å². The molecule has 0 radical (unpaired) electrons. The van der Waals surface area contributed by atoms with Gasteiger partial charge in [-0.15, -0.1) is 0 Å². The maximum Gasteiger partial charge on any atom is 0.258 e. The molecule has 16 heavy (non-hydrogen) atoms. The summed E-state index contributed by atoms with van der Waals surface area (Å²) < 4.78 is 4.80. The van der Waals surface area contributed by atoms with Gasteiger partial charge in [0.05, 0.1) is 11.8 Å². The van der Waals surface area contributed by atoms with Crippen LogP contribution in [0.1, 0.15) is 16.1 Å². The fourth-order valence-electron chi connectivity index (χ4n) is 1.17. The Morgan fingerprint density at radius 2 is 2.25 bits per heavy atom. The Morgan fingerprint density at radius 3 is 2.88 bits per heavy atom. The Hall–Kier alpha value is -2.37.